The normalized spacial score (nSPS) is 17.2. The molecule has 0 unspecified atom stereocenters. The first kappa shape index (κ1) is 17.6. The van der Waals surface area contributed by atoms with Crippen LogP contribution < -0.4 is 10.2 Å². The smallest absolute Gasteiger partial charge is 0.229 e. The fraction of sp³-hybridized carbons (Fsp3) is 0.176. The number of hydrogen-bond donors (Lipinski definition) is 1. The average Bonchev–Trinajstić information content (AvgIpc) is 2.93. The van der Waals surface area contributed by atoms with Crippen molar-refractivity contribution in [3.8, 4) is 0 Å². The van der Waals surface area contributed by atoms with E-state index in [1.54, 1.807) is 4.90 Å². The molecule has 2 amide bonds. The van der Waals surface area contributed by atoms with Gasteiger partial charge in [-0.15, -0.1) is 0 Å². The Morgan fingerprint density at radius 2 is 1.71 bits per heavy atom. The average molecular weight is 517 g/mol. The van der Waals surface area contributed by atoms with E-state index in [0.717, 1.165) is 19.1 Å². The lowest BCUT2D eigenvalue weighted by molar-refractivity contribution is -0.122. The van der Waals surface area contributed by atoms with Crippen LogP contribution in [0.25, 0.3) is 0 Å². The van der Waals surface area contributed by atoms with Crippen LogP contribution >= 0.6 is 47.8 Å². The number of amides is 2. The zero-order valence-corrected chi connectivity index (χ0v) is 17.2. The fourth-order valence-corrected chi connectivity index (χ4v) is 3.99. The standard InChI is InChI=1S/C17H13Br3N2O2/c18-11-1-4-13(5-2-11)22-9-10(7-16(22)23)17(24)21-15-6-3-12(19)8-14(15)20/h1-6,8,10H,7,9H2,(H,21,24)/t10-/m1/s1. The summed E-state index contributed by atoms with van der Waals surface area (Å²) in [5.74, 6) is -0.546. The molecule has 4 nitrogen and oxygen atoms in total. The van der Waals surface area contributed by atoms with Gasteiger partial charge in [-0.1, -0.05) is 31.9 Å². The molecule has 2 aromatic rings. The topological polar surface area (TPSA) is 49.4 Å². The van der Waals surface area contributed by atoms with E-state index in [1.165, 1.54) is 0 Å². The van der Waals surface area contributed by atoms with Crippen LogP contribution in [0.2, 0.25) is 0 Å². The Kier molecular flexibility index (Phi) is 5.42. The number of benzene rings is 2. The summed E-state index contributed by atoms with van der Waals surface area (Å²) in [4.78, 5) is 26.4. The van der Waals surface area contributed by atoms with E-state index in [2.05, 4.69) is 53.1 Å². The Balaban J connectivity index is 1.70. The van der Waals surface area contributed by atoms with Crippen LogP contribution in [0.3, 0.4) is 0 Å². The van der Waals surface area contributed by atoms with Gasteiger partial charge in [0.2, 0.25) is 11.8 Å². The van der Waals surface area contributed by atoms with Crippen LogP contribution in [0.1, 0.15) is 6.42 Å². The maximum atomic E-state index is 12.5. The molecule has 1 atom stereocenters. The van der Waals surface area contributed by atoms with E-state index in [0.29, 0.717) is 12.2 Å². The number of rotatable bonds is 3. The SMILES string of the molecule is O=C(Nc1ccc(Br)cc1Br)[C@@H]1CC(=O)N(c2ccc(Br)cc2)C1. The van der Waals surface area contributed by atoms with Gasteiger partial charge < -0.3 is 10.2 Å². The Labute approximate surface area is 165 Å². The highest BCUT2D eigenvalue weighted by Gasteiger charge is 2.35. The van der Waals surface area contributed by atoms with Gasteiger partial charge in [-0.05, 0) is 58.4 Å². The van der Waals surface area contributed by atoms with Gasteiger partial charge in [0.1, 0.15) is 0 Å². The van der Waals surface area contributed by atoms with Gasteiger partial charge in [0.15, 0.2) is 0 Å². The molecule has 0 saturated carbocycles. The highest BCUT2D eigenvalue weighted by atomic mass is 79.9. The lowest BCUT2D eigenvalue weighted by Crippen LogP contribution is -2.28. The summed E-state index contributed by atoms with van der Waals surface area (Å²) >= 11 is 10.2. The van der Waals surface area contributed by atoms with Crippen molar-refractivity contribution in [2.75, 3.05) is 16.8 Å². The minimum atomic E-state index is -0.364. The molecule has 0 radical (unpaired) electrons. The molecule has 1 heterocycles. The van der Waals surface area contributed by atoms with Crippen LogP contribution in [0.5, 0.6) is 0 Å². The maximum absolute atomic E-state index is 12.5. The molecular weight excluding hydrogens is 504 g/mol. The summed E-state index contributed by atoms with van der Waals surface area (Å²) in [6.07, 6.45) is 0.218. The van der Waals surface area contributed by atoms with E-state index in [9.17, 15) is 9.59 Å². The summed E-state index contributed by atoms with van der Waals surface area (Å²) in [5.41, 5.74) is 1.50. The fourth-order valence-electron chi connectivity index (χ4n) is 2.58. The largest absolute Gasteiger partial charge is 0.325 e. The summed E-state index contributed by atoms with van der Waals surface area (Å²) in [6.45, 7) is 0.389. The van der Waals surface area contributed by atoms with Crippen LogP contribution in [-0.4, -0.2) is 18.4 Å². The minimum absolute atomic E-state index is 0.0349. The zero-order chi connectivity index (χ0) is 17.3. The van der Waals surface area contributed by atoms with E-state index >= 15 is 0 Å². The second-order valence-electron chi connectivity index (χ2n) is 5.50. The summed E-state index contributed by atoms with van der Waals surface area (Å²) < 4.78 is 2.66. The van der Waals surface area contributed by atoms with Crippen LogP contribution in [-0.2, 0) is 9.59 Å². The number of carbonyl (C=O) groups is 2. The van der Waals surface area contributed by atoms with Gasteiger partial charge in [0.05, 0.1) is 11.6 Å². The van der Waals surface area contributed by atoms with Crippen molar-refractivity contribution in [2.24, 2.45) is 5.92 Å². The Hall–Kier alpha value is -1.18. The molecule has 0 aromatic heterocycles. The first-order valence-electron chi connectivity index (χ1n) is 7.26. The molecule has 3 rings (SSSR count). The monoisotopic (exact) mass is 514 g/mol. The van der Waals surface area contributed by atoms with Crippen LogP contribution in [0, 0.1) is 5.92 Å². The molecule has 124 valence electrons. The number of hydrogen-bond acceptors (Lipinski definition) is 2. The molecule has 1 aliphatic rings. The molecule has 7 heteroatoms. The molecular formula is C17H13Br3N2O2. The van der Waals surface area contributed by atoms with Gasteiger partial charge in [-0.3, -0.25) is 9.59 Å². The molecule has 0 aliphatic carbocycles. The van der Waals surface area contributed by atoms with E-state index in [-0.39, 0.29) is 24.2 Å². The number of carbonyl (C=O) groups excluding carboxylic acids is 2. The third-order valence-corrected chi connectivity index (χ3v) is 5.50. The molecule has 0 spiro atoms. The number of anilines is 2. The van der Waals surface area contributed by atoms with E-state index in [1.807, 2.05) is 42.5 Å². The first-order chi connectivity index (χ1) is 11.4. The Morgan fingerprint density at radius 3 is 2.38 bits per heavy atom. The van der Waals surface area contributed by atoms with Crippen molar-refractivity contribution in [3.05, 3.63) is 55.9 Å². The van der Waals surface area contributed by atoms with Crippen molar-refractivity contribution in [1.29, 1.82) is 0 Å². The Bertz CT molecular complexity index is 793. The lowest BCUT2D eigenvalue weighted by Gasteiger charge is -2.17. The van der Waals surface area contributed by atoms with Crippen molar-refractivity contribution in [3.63, 3.8) is 0 Å². The molecule has 1 aliphatic heterocycles. The highest BCUT2D eigenvalue weighted by Crippen LogP contribution is 2.29. The number of nitrogens with zero attached hydrogens (tertiary/aromatic N) is 1. The van der Waals surface area contributed by atoms with Crippen molar-refractivity contribution < 1.29 is 9.59 Å². The van der Waals surface area contributed by atoms with Crippen molar-refractivity contribution in [1.82, 2.24) is 0 Å². The van der Waals surface area contributed by atoms with Gasteiger partial charge in [-0.2, -0.15) is 0 Å². The number of halogens is 3. The molecule has 0 bridgehead atoms. The van der Waals surface area contributed by atoms with Gasteiger partial charge >= 0.3 is 0 Å². The zero-order valence-electron chi connectivity index (χ0n) is 12.4. The van der Waals surface area contributed by atoms with Crippen molar-refractivity contribution in [2.45, 2.75) is 6.42 Å². The van der Waals surface area contributed by atoms with Crippen molar-refractivity contribution >= 4 is 71.0 Å². The van der Waals surface area contributed by atoms with Gasteiger partial charge in [0, 0.05) is 32.1 Å². The van der Waals surface area contributed by atoms with Gasteiger partial charge in [0.25, 0.3) is 0 Å². The van der Waals surface area contributed by atoms with E-state index in [4.69, 9.17) is 0 Å². The Morgan fingerprint density at radius 1 is 1.04 bits per heavy atom. The molecule has 2 aromatic carbocycles. The molecule has 24 heavy (non-hydrogen) atoms. The molecule has 1 saturated heterocycles. The lowest BCUT2D eigenvalue weighted by atomic mass is 10.1. The number of nitrogens with one attached hydrogen (secondary N) is 1. The second-order valence-corrected chi connectivity index (χ2v) is 8.18. The third-order valence-electron chi connectivity index (χ3n) is 3.82. The third kappa shape index (κ3) is 3.90. The van der Waals surface area contributed by atoms with E-state index < -0.39 is 0 Å². The summed E-state index contributed by atoms with van der Waals surface area (Å²) in [5, 5.41) is 2.89. The summed E-state index contributed by atoms with van der Waals surface area (Å²) in [6, 6.07) is 13.0. The summed E-state index contributed by atoms with van der Waals surface area (Å²) in [7, 11) is 0. The van der Waals surface area contributed by atoms with Crippen LogP contribution in [0.4, 0.5) is 11.4 Å². The predicted octanol–water partition coefficient (Wildman–Crippen LogP) is 4.97. The minimum Gasteiger partial charge on any atom is -0.325 e. The molecule has 1 N–H and O–H groups in total. The maximum Gasteiger partial charge on any atom is 0.229 e. The quantitative estimate of drug-likeness (QED) is 0.626. The van der Waals surface area contributed by atoms with Gasteiger partial charge in [-0.25, -0.2) is 0 Å². The second kappa shape index (κ2) is 7.37. The molecule has 1 fully saturated rings. The van der Waals surface area contributed by atoms with Crippen LogP contribution in [0.15, 0.2) is 55.9 Å². The first-order valence-corrected chi connectivity index (χ1v) is 9.64. The highest BCUT2D eigenvalue weighted by molar-refractivity contribution is 9.11. The predicted molar refractivity (Wildman–Crippen MR) is 105 cm³/mol.